The van der Waals surface area contributed by atoms with Gasteiger partial charge in [0, 0.05) is 25.7 Å². The fourth-order valence-corrected chi connectivity index (χ4v) is 7.66. The van der Waals surface area contributed by atoms with Crippen molar-refractivity contribution in [3.63, 3.8) is 0 Å². The van der Waals surface area contributed by atoms with E-state index in [-0.39, 0.29) is 34.0 Å². The minimum atomic E-state index is 0. The zero-order valence-electron chi connectivity index (χ0n) is 26.9. The van der Waals surface area contributed by atoms with Gasteiger partial charge in [-0.15, -0.1) is 0 Å². The molecule has 0 aliphatic carbocycles. The minimum absolute atomic E-state index is 0. The van der Waals surface area contributed by atoms with Gasteiger partial charge in [0.05, 0.1) is 53.5 Å². The third-order valence-electron chi connectivity index (χ3n) is 10.7. The lowest BCUT2D eigenvalue weighted by molar-refractivity contribution is -0.921. The first-order chi connectivity index (χ1) is 18.5. The Bertz CT molecular complexity index is 522. The maximum atomic E-state index is 9.59. The zero-order valence-corrected chi connectivity index (χ0v) is 30.1. The summed E-state index contributed by atoms with van der Waals surface area (Å²) in [6.07, 6.45) is 33.6. The van der Waals surface area contributed by atoms with Gasteiger partial charge < -0.3 is 53.1 Å². The van der Waals surface area contributed by atoms with E-state index in [4.69, 9.17) is 0 Å². The van der Waals surface area contributed by atoms with Crippen LogP contribution in [0.3, 0.4) is 0 Å². The van der Waals surface area contributed by atoms with Crippen molar-refractivity contribution in [1.82, 2.24) is 0 Å². The molecule has 0 radical (unpaired) electrons. The van der Waals surface area contributed by atoms with Gasteiger partial charge in [-0.3, -0.25) is 0 Å². The summed E-state index contributed by atoms with van der Waals surface area (Å²) in [5.41, 5.74) is 0. The van der Waals surface area contributed by atoms with Crippen LogP contribution in [0.25, 0.3) is 0 Å². The van der Waals surface area contributed by atoms with E-state index in [2.05, 4.69) is 14.1 Å². The molecule has 4 atom stereocenters. The third-order valence-corrected chi connectivity index (χ3v) is 10.7. The highest BCUT2D eigenvalue weighted by atomic mass is 79.9. The molecule has 0 aromatic rings. The van der Waals surface area contributed by atoms with Crippen molar-refractivity contribution in [2.75, 3.05) is 53.5 Å². The van der Waals surface area contributed by atoms with Gasteiger partial charge >= 0.3 is 0 Å². The first-order valence-corrected chi connectivity index (χ1v) is 17.4. The number of halogens is 2. The highest BCUT2D eigenvalue weighted by Crippen LogP contribution is 2.26. The van der Waals surface area contributed by atoms with Crippen molar-refractivity contribution in [3.8, 4) is 0 Å². The molecule has 40 heavy (non-hydrogen) atoms. The summed E-state index contributed by atoms with van der Waals surface area (Å²) in [6, 6.07) is 1.02. The van der Waals surface area contributed by atoms with E-state index < -0.39 is 0 Å². The predicted molar refractivity (Wildman–Crippen MR) is 164 cm³/mol. The van der Waals surface area contributed by atoms with E-state index in [0.29, 0.717) is 25.3 Å². The van der Waals surface area contributed by atoms with E-state index in [1.165, 1.54) is 180 Å². The summed E-state index contributed by atoms with van der Waals surface area (Å²) in [5.74, 6) is 0. The van der Waals surface area contributed by atoms with Crippen molar-refractivity contribution in [2.45, 2.75) is 166 Å². The largest absolute Gasteiger partial charge is 1.00 e. The molecule has 6 heteroatoms. The van der Waals surface area contributed by atoms with Crippen LogP contribution in [-0.2, 0) is 0 Å². The molecule has 2 fully saturated rings. The average molecular weight is 699 g/mol. The van der Waals surface area contributed by atoms with Crippen molar-refractivity contribution in [1.29, 1.82) is 0 Å². The highest BCUT2D eigenvalue weighted by Gasteiger charge is 2.37. The fraction of sp³-hybridized carbons (Fsp3) is 1.00. The minimum Gasteiger partial charge on any atom is -1.00 e. The summed E-state index contributed by atoms with van der Waals surface area (Å²) in [4.78, 5) is 0. The molecular weight excluding hydrogens is 628 g/mol. The van der Waals surface area contributed by atoms with Gasteiger partial charge in [-0.1, -0.05) is 103 Å². The number of aliphatic hydroxyl groups excluding tert-OH is 2. The maximum absolute atomic E-state index is 9.59. The molecule has 0 amide bonds. The second-order valence-electron chi connectivity index (χ2n) is 13.9. The monoisotopic (exact) mass is 696 g/mol. The van der Waals surface area contributed by atoms with Crippen LogP contribution in [0, 0.1) is 0 Å². The van der Waals surface area contributed by atoms with E-state index in [1.807, 2.05) is 0 Å². The summed E-state index contributed by atoms with van der Waals surface area (Å²) in [6.45, 7) is 5.86. The second-order valence-corrected chi connectivity index (χ2v) is 13.9. The lowest BCUT2D eigenvalue weighted by atomic mass is 10.0. The lowest BCUT2D eigenvalue weighted by Crippen LogP contribution is -3.00. The molecule has 0 aromatic heterocycles. The number of hydrogen-bond donors (Lipinski definition) is 2. The van der Waals surface area contributed by atoms with Crippen LogP contribution >= 0.6 is 0 Å². The summed E-state index contributed by atoms with van der Waals surface area (Å²) < 4.78 is 2.26. The molecular formula is C34H70Br2N2O2. The number of nitrogens with zero attached hydrogens (tertiary/aromatic N) is 2. The molecule has 0 saturated carbocycles. The standard InChI is InChI=1S/C34H70N2O2.2BrH/c1-35(29-23-25-33(35)31-37)27-21-19-17-15-13-11-9-7-5-3-4-6-8-10-12-14-16-18-20-22-28-36(2)30-24-26-34(36)32-38;;/h33-34,37-38H,3-32H2,1-2H3;2*1H/q+2;;/p-2. The Morgan fingerprint density at radius 1 is 0.425 bits per heavy atom. The van der Waals surface area contributed by atoms with E-state index in [0.717, 1.165) is 8.97 Å². The zero-order chi connectivity index (χ0) is 27.4. The van der Waals surface area contributed by atoms with Gasteiger partial charge in [-0.25, -0.2) is 0 Å². The number of aliphatic hydroxyl groups is 2. The summed E-state index contributed by atoms with van der Waals surface area (Å²) >= 11 is 0. The van der Waals surface area contributed by atoms with Crippen LogP contribution in [0.15, 0.2) is 0 Å². The second kappa shape index (κ2) is 25.2. The molecule has 4 unspecified atom stereocenters. The molecule has 2 saturated heterocycles. The van der Waals surface area contributed by atoms with Crippen LogP contribution in [0.2, 0.25) is 0 Å². The van der Waals surface area contributed by atoms with Crippen LogP contribution < -0.4 is 34.0 Å². The molecule has 2 aliphatic rings. The first-order valence-electron chi connectivity index (χ1n) is 17.4. The van der Waals surface area contributed by atoms with Gasteiger partial charge in [0.1, 0.15) is 12.1 Å². The van der Waals surface area contributed by atoms with Gasteiger partial charge in [0.25, 0.3) is 0 Å². The Labute approximate surface area is 271 Å². The maximum Gasteiger partial charge on any atom is 0.112 e. The molecule has 0 aromatic carbocycles. The number of rotatable bonds is 25. The Morgan fingerprint density at radius 2 is 0.650 bits per heavy atom. The van der Waals surface area contributed by atoms with Crippen LogP contribution in [0.5, 0.6) is 0 Å². The van der Waals surface area contributed by atoms with Gasteiger partial charge in [-0.2, -0.15) is 0 Å². The van der Waals surface area contributed by atoms with Crippen molar-refractivity contribution in [3.05, 3.63) is 0 Å². The van der Waals surface area contributed by atoms with Crippen molar-refractivity contribution < 1.29 is 53.1 Å². The van der Waals surface area contributed by atoms with Crippen LogP contribution in [0.4, 0.5) is 0 Å². The highest BCUT2D eigenvalue weighted by molar-refractivity contribution is 4.67. The molecule has 2 N–H and O–H groups in total. The van der Waals surface area contributed by atoms with E-state index in [9.17, 15) is 10.2 Å². The van der Waals surface area contributed by atoms with Crippen molar-refractivity contribution in [2.24, 2.45) is 0 Å². The number of likely N-dealkylation sites (N-methyl/N-ethyl adjacent to an activating group) is 2. The first kappa shape index (κ1) is 40.8. The van der Waals surface area contributed by atoms with E-state index >= 15 is 0 Å². The number of hydrogen-bond acceptors (Lipinski definition) is 2. The Balaban J connectivity index is 0.00000760. The molecule has 0 spiro atoms. The number of likely N-dealkylation sites (tertiary alicyclic amines) is 2. The third kappa shape index (κ3) is 16.6. The van der Waals surface area contributed by atoms with Crippen molar-refractivity contribution >= 4 is 0 Å². The number of quaternary nitrogens is 2. The van der Waals surface area contributed by atoms with E-state index in [1.54, 1.807) is 0 Å². The smallest absolute Gasteiger partial charge is 0.112 e. The Hall–Kier alpha value is 0.800. The SMILES string of the molecule is C[N+]1(CCCCCCCCCCCCCCCCCCCCCC[N+]2(C)CCCC2CO)CCCC1CO.[Br-].[Br-]. The fourth-order valence-electron chi connectivity index (χ4n) is 7.66. The van der Waals surface area contributed by atoms with Gasteiger partial charge in [0.15, 0.2) is 0 Å². The molecule has 2 heterocycles. The Morgan fingerprint density at radius 3 is 0.875 bits per heavy atom. The number of unbranched alkanes of at least 4 members (excludes halogenated alkanes) is 19. The molecule has 242 valence electrons. The summed E-state index contributed by atoms with van der Waals surface area (Å²) in [5, 5.41) is 19.2. The topological polar surface area (TPSA) is 40.5 Å². The lowest BCUT2D eigenvalue weighted by Gasteiger charge is -2.35. The van der Waals surface area contributed by atoms with Crippen LogP contribution in [-0.4, -0.2) is 84.8 Å². The molecule has 2 rings (SSSR count). The normalized spacial score (nSPS) is 26.1. The molecule has 4 nitrogen and oxygen atoms in total. The van der Waals surface area contributed by atoms with Gasteiger partial charge in [-0.05, 0) is 25.7 Å². The average Bonchev–Trinajstić information content (AvgIpc) is 3.48. The van der Waals surface area contributed by atoms with Crippen LogP contribution in [0.1, 0.15) is 154 Å². The van der Waals surface area contributed by atoms with Gasteiger partial charge in [0.2, 0.25) is 0 Å². The summed E-state index contributed by atoms with van der Waals surface area (Å²) in [7, 11) is 4.73. The predicted octanol–water partition coefficient (Wildman–Crippen LogP) is 2.00. The quantitative estimate of drug-likeness (QED) is 0.113. The molecule has 0 bridgehead atoms. The Kier molecular flexibility index (Phi) is 25.7. The molecule has 2 aliphatic heterocycles.